The summed E-state index contributed by atoms with van der Waals surface area (Å²) in [5, 5.41) is 2.74. The van der Waals surface area contributed by atoms with Crippen molar-refractivity contribution in [3.8, 4) is 0 Å². The molecule has 29 heavy (non-hydrogen) atoms. The number of benzene rings is 3. The van der Waals surface area contributed by atoms with Crippen molar-refractivity contribution in [2.24, 2.45) is 10.8 Å². The van der Waals surface area contributed by atoms with Gasteiger partial charge >= 0.3 is 0 Å². The largest absolute Gasteiger partial charge is 0.0616 e. The lowest BCUT2D eigenvalue weighted by Gasteiger charge is -2.36. The van der Waals surface area contributed by atoms with Crippen LogP contribution in [0.4, 0.5) is 0 Å². The van der Waals surface area contributed by atoms with Crippen LogP contribution in [0.1, 0.15) is 77.5 Å². The van der Waals surface area contributed by atoms with Crippen LogP contribution in [-0.4, -0.2) is 0 Å². The molecule has 0 nitrogen and oxygen atoms in total. The zero-order chi connectivity index (χ0) is 21.7. The molecule has 0 bridgehead atoms. The first-order chi connectivity index (χ1) is 13.5. The minimum Gasteiger partial charge on any atom is -0.0616 e. The minimum absolute atomic E-state index is 0.322. The Morgan fingerprint density at radius 2 is 1.31 bits per heavy atom. The van der Waals surface area contributed by atoms with Gasteiger partial charge in [-0.25, -0.2) is 0 Å². The van der Waals surface area contributed by atoms with Crippen molar-refractivity contribution >= 4 is 10.8 Å². The second kappa shape index (κ2) is 9.61. The van der Waals surface area contributed by atoms with Crippen LogP contribution in [0.3, 0.4) is 0 Å². The normalized spacial score (nSPS) is 13.0. The maximum atomic E-state index is 2.35. The molecule has 3 aromatic carbocycles. The molecule has 0 saturated carbocycles. The summed E-state index contributed by atoms with van der Waals surface area (Å²) < 4.78 is 0. The van der Waals surface area contributed by atoms with Gasteiger partial charge in [-0.1, -0.05) is 121 Å². The van der Waals surface area contributed by atoms with Crippen LogP contribution in [0.15, 0.2) is 66.7 Å². The molecule has 1 unspecified atom stereocenters. The van der Waals surface area contributed by atoms with Crippen molar-refractivity contribution < 1.29 is 0 Å². The van der Waals surface area contributed by atoms with E-state index < -0.39 is 0 Å². The van der Waals surface area contributed by atoms with Gasteiger partial charge < -0.3 is 0 Å². The van der Waals surface area contributed by atoms with Gasteiger partial charge in [-0.3, -0.25) is 0 Å². The standard InChI is InChI=1S/C17H28.C12H12/c1-13-8-10-14(11-9-13)15(17(5,6)7)12-16(2,3)4;1-2-10-7-5-8-11-6-3-4-9-12(10)11/h8-11,15H,12H2,1-7H3;3-9H,2H2,1H3. The molecule has 1 atom stereocenters. The highest BCUT2D eigenvalue weighted by molar-refractivity contribution is 5.85. The fourth-order valence-electron chi connectivity index (χ4n) is 3.94. The Bertz CT molecular complexity index is 880. The molecule has 3 aromatic rings. The average Bonchev–Trinajstić information content (AvgIpc) is 2.65. The highest BCUT2D eigenvalue weighted by Gasteiger charge is 2.30. The van der Waals surface area contributed by atoms with Gasteiger partial charge in [-0.2, -0.15) is 0 Å². The van der Waals surface area contributed by atoms with E-state index in [1.807, 2.05) is 0 Å². The lowest BCUT2D eigenvalue weighted by atomic mass is 9.69. The summed E-state index contributed by atoms with van der Waals surface area (Å²) in [6, 6.07) is 24.1. The molecule has 0 aromatic heterocycles. The maximum Gasteiger partial charge on any atom is -0.0108 e. The summed E-state index contributed by atoms with van der Waals surface area (Å²) in [4.78, 5) is 0. The second-order valence-electron chi connectivity index (χ2n) is 10.6. The summed E-state index contributed by atoms with van der Waals surface area (Å²) >= 11 is 0. The van der Waals surface area contributed by atoms with Gasteiger partial charge in [0, 0.05) is 0 Å². The molecule has 0 aliphatic rings. The second-order valence-corrected chi connectivity index (χ2v) is 10.6. The molecule has 0 spiro atoms. The maximum absolute atomic E-state index is 2.35. The summed E-state index contributed by atoms with van der Waals surface area (Å²) in [6.45, 7) is 18.4. The Balaban J connectivity index is 0.000000218. The Morgan fingerprint density at radius 1 is 0.724 bits per heavy atom. The van der Waals surface area contributed by atoms with Gasteiger partial charge in [-0.05, 0) is 58.4 Å². The molecule has 0 heteroatoms. The SMILES string of the molecule is CCc1cccc2ccccc12.Cc1ccc(C(CC(C)(C)C)C(C)(C)C)cc1. The number of hydrogen-bond acceptors (Lipinski definition) is 0. The molecule has 156 valence electrons. The minimum atomic E-state index is 0.322. The molecule has 0 fully saturated rings. The fraction of sp³-hybridized carbons (Fsp3) is 0.448. The monoisotopic (exact) mass is 388 g/mol. The molecule has 3 rings (SSSR count). The lowest BCUT2D eigenvalue weighted by molar-refractivity contribution is 0.229. The third kappa shape index (κ3) is 7.03. The Hall–Kier alpha value is -2.08. The highest BCUT2D eigenvalue weighted by atomic mass is 14.3. The van der Waals surface area contributed by atoms with E-state index >= 15 is 0 Å². The quantitative estimate of drug-likeness (QED) is 0.420. The zero-order valence-electron chi connectivity index (χ0n) is 19.8. The van der Waals surface area contributed by atoms with E-state index in [9.17, 15) is 0 Å². The van der Waals surface area contributed by atoms with Crippen LogP contribution in [0.5, 0.6) is 0 Å². The summed E-state index contributed by atoms with van der Waals surface area (Å²) in [7, 11) is 0. The van der Waals surface area contributed by atoms with Gasteiger partial charge in [0.15, 0.2) is 0 Å². The van der Waals surface area contributed by atoms with Crippen LogP contribution in [-0.2, 0) is 6.42 Å². The van der Waals surface area contributed by atoms with Crippen molar-refractivity contribution in [1.82, 2.24) is 0 Å². The predicted molar refractivity (Wildman–Crippen MR) is 131 cm³/mol. The van der Waals surface area contributed by atoms with Crippen LogP contribution >= 0.6 is 0 Å². The van der Waals surface area contributed by atoms with Gasteiger partial charge in [0.1, 0.15) is 0 Å². The number of hydrogen-bond donors (Lipinski definition) is 0. The number of rotatable bonds is 3. The predicted octanol–water partition coefficient (Wildman–Crippen LogP) is 8.96. The Kier molecular flexibility index (Phi) is 7.69. The number of fused-ring (bicyclic) bond motifs is 1. The first kappa shape index (κ1) is 23.2. The lowest BCUT2D eigenvalue weighted by Crippen LogP contribution is -2.23. The van der Waals surface area contributed by atoms with Crippen molar-refractivity contribution in [3.63, 3.8) is 0 Å². The van der Waals surface area contributed by atoms with Crippen LogP contribution in [0, 0.1) is 17.8 Å². The van der Waals surface area contributed by atoms with Crippen molar-refractivity contribution in [2.75, 3.05) is 0 Å². The summed E-state index contributed by atoms with van der Waals surface area (Å²) in [5.74, 6) is 0.628. The molecule has 0 aliphatic heterocycles. The summed E-state index contributed by atoms with van der Waals surface area (Å²) in [6.07, 6.45) is 2.35. The molecule has 0 radical (unpaired) electrons. The van der Waals surface area contributed by atoms with E-state index in [1.54, 1.807) is 0 Å². The van der Waals surface area contributed by atoms with E-state index in [2.05, 4.69) is 122 Å². The van der Waals surface area contributed by atoms with Gasteiger partial charge in [0.2, 0.25) is 0 Å². The zero-order valence-corrected chi connectivity index (χ0v) is 19.8. The van der Waals surface area contributed by atoms with Crippen LogP contribution in [0.2, 0.25) is 0 Å². The third-order valence-corrected chi connectivity index (χ3v) is 5.60. The first-order valence-electron chi connectivity index (χ1n) is 11.0. The Labute approximate surface area is 179 Å². The van der Waals surface area contributed by atoms with E-state index in [0.29, 0.717) is 16.7 Å². The first-order valence-corrected chi connectivity index (χ1v) is 11.0. The van der Waals surface area contributed by atoms with E-state index in [0.717, 1.165) is 6.42 Å². The van der Waals surface area contributed by atoms with E-state index in [-0.39, 0.29) is 0 Å². The van der Waals surface area contributed by atoms with Gasteiger partial charge in [0.05, 0.1) is 0 Å². The van der Waals surface area contributed by atoms with Crippen molar-refractivity contribution in [1.29, 1.82) is 0 Å². The molecule has 0 saturated heterocycles. The average molecular weight is 389 g/mol. The fourth-order valence-corrected chi connectivity index (χ4v) is 3.94. The van der Waals surface area contributed by atoms with Gasteiger partial charge in [0.25, 0.3) is 0 Å². The molecule has 0 aliphatic carbocycles. The molecular weight excluding hydrogens is 348 g/mol. The van der Waals surface area contributed by atoms with E-state index in [1.165, 1.54) is 33.9 Å². The van der Waals surface area contributed by atoms with Gasteiger partial charge in [-0.15, -0.1) is 0 Å². The third-order valence-electron chi connectivity index (χ3n) is 5.60. The highest BCUT2D eigenvalue weighted by Crippen LogP contribution is 2.42. The molecule has 0 heterocycles. The van der Waals surface area contributed by atoms with Crippen molar-refractivity contribution in [2.45, 2.75) is 74.1 Å². The molecule has 0 N–H and O–H groups in total. The number of aryl methyl sites for hydroxylation is 2. The topological polar surface area (TPSA) is 0 Å². The Morgan fingerprint density at radius 3 is 1.86 bits per heavy atom. The molecular formula is C29H40. The van der Waals surface area contributed by atoms with E-state index in [4.69, 9.17) is 0 Å². The van der Waals surface area contributed by atoms with Crippen LogP contribution in [0.25, 0.3) is 10.8 Å². The smallest absolute Gasteiger partial charge is 0.0108 e. The van der Waals surface area contributed by atoms with Crippen molar-refractivity contribution in [3.05, 3.63) is 83.4 Å². The molecule has 0 amide bonds. The van der Waals surface area contributed by atoms with Crippen LogP contribution < -0.4 is 0 Å². The summed E-state index contributed by atoms with van der Waals surface area (Å²) in [5.41, 5.74) is 4.97.